The van der Waals surface area contributed by atoms with Crippen LogP contribution in [0, 0.1) is 11.6 Å². The van der Waals surface area contributed by atoms with Crippen LogP contribution >= 0.6 is 11.6 Å². The second kappa shape index (κ2) is 6.13. The molecule has 100 valence electrons. The number of hydrogen-bond donors (Lipinski definition) is 1. The Kier molecular flexibility index (Phi) is 4.51. The first-order chi connectivity index (χ1) is 9.13. The normalized spacial score (nSPS) is 10.7. The molecule has 0 saturated carbocycles. The van der Waals surface area contributed by atoms with Gasteiger partial charge in [-0.1, -0.05) is 36.7 Å². The maximum atomic E-state index is 13.7. The molecule has 0 amide bonds. The minimum Gasteiger partial charge on any atom is -0.313 e. The van der Waals surface area contributed by atoms with Crippen molar-refractivity contribution in [2.45, 2.75) is 13.5 Å². The third-order valence-electron chi connectivity index (χ3n) is 2.87. The maximum Gasteiger partial charge on any atom is 0.133 e. The van der Waals surface area contributed by atoms with Gasteiger partial charge in [-0.25, -0.2) is 8.78 Å². The predicted molar refractivity (Wildman–Crippen MR) is 74.2 cm³/mol. The SMILES string of the molecule is CCNCc1ccc(-c2c(F)cccc2F)cc1Cl. The van der Waals surface area contributed by atoms with Gasteiger partial charge in [-0.2, -0.15) is 0 Å². The molecule has 0 heterocycles. The molecule has 0 radical (unpaired) electrons. The number of hydrogen-bond acceptors (Lipinski definition) is 1. The lowest BCUT2D eigenvalue weighted by Gasteiger charge is -2.09. The molecule has 2 aromatic rings. The Balaban J connectivity index is 2.39. The Morgan fingerprint density at radius 2 is 1.79 bits per heavy atom. The van der Waals surface area contributed by atoms with Crippen molar-refractivity contribution in [2.24, 2.45) is 0 Å². The van der Waals surface area contributed by atoms with Gasteiger partial charge < -0.3 is 5.32 Å². The lowest BCUT2D eigenvalue weighted by Crippen LogP contribution is -2.11. The monoisotopic (exact) mass is 281 g/mol. The van der Waals surface area contributed by atoms with Gasteiger partial charge in [0.05, 0.1) is 5.56 Å². The third kappa shape index (κ3) is 3.11. The highest BCUT2D eigenvalue weighted by Gasteiger charge is 2.12. The summed E-state index contributed by atoms with van der Waals surface area (Å²) in [6.07, 6.45) is 0. The molecule has 0 atom stereocenters. The summed E-state index contributed by atoms with van der Waals surface area (Å²) < 4.78 is 27.4. The maximum absolute atomic E-state index is 13.7. The average molecular weight is 282 g/mol. The fourth-order valence-corrected chi connectivity index (χ4v) is 2.13. The summed E-state index contributed by atoms with van der Waals surface area (Å²) in [6.45, 7) is 3.46. The molecule has 19 heavy (non-hydrogen) atoms. The molecule has 0 fully saturated rings. The molecule has 2 rings (SSSR count). The van der Waals surface area contributed by atoms with Crippen LogP contribution in [-0.4, -0.2) is 6.54 Å². The van der Waals surface area contributed by atoms with E-state index in [9.17, 15) is 8.78 Å². The highest BCUT2D eigenvalue weighted by atomic mass is 35.5. The summed E-state index contributed by atoms with van der Waals surface area (Å²) in [4.78, 5) is 0. The number of rotatable bonds is 4. The van der Waals surface area contributed by atoms with Crippen molar-refractivity contribution in [1.29, 1.82) is 0 Å². The summed E-state index contributed by atoms with van der Waals surface area (Å²) in [5.41, 5.74) is 1.31. The topological polar surface area (TPSA) is 12.0 Å². The Morgan fingerprint density at radius 1 is 1.11 bits per heavy atom. The Hall–Kier alpha value is -1.45. The molecule has 0 aliphatic heterocycles. The molecule has 0 aromatic heterocycles. The summed E-state index contributed by atoms with van der Waals surface area (Å²) in [5, 5.41) is 3.66. The molecule has 4 heteroatoms. The van der Waals surface area contributed by atoms with Gasteiger partial charge >= 0.3 is 0 Å². The van der Waals surface area contributed by atoms with E-state index in [-0.39, 0.29) is 5.56 Å². The van der Waals surface area contributed by atoms with Gasteiger partial charge in [0.2, 0.25) is 0 Å². The predicted octanol–water partition coefficient (Wildman–Crippen LogP) is 4.39. The summed E-state index contributed by atoms with van der Waals surface area (Å²) in [5.74, 6) is -1.18. The van der Waals surface area contributed by atoms with Crippen LogP contribution in [0.4, 0.5) is 8.78 Å². The zero-order chi connectivity index (χ0) is 13.8. The largest absolute Gasteiger partial charge is 0.313 e. The second-order valence-electron chi connectivity index (χ2n) is 4.18. The van der Waals surface area contributed by atoms with E-state index in [1.165, 1.54) is 18.2 Å². The van der Waals surface area contributed by atoms with E-state index in [0.29, 0.717) is 17.1 Å². The molecular formula is C15H14ClF2N. The van der Waals surface area contributed by atoms with Gasteiger partial charge in [0, 0.05) is 11.6 Å². The first-order valence-corrected chi connectivity index (χ1v) is 6.44. The molecule has 2 aromatic carbocycles. The van der Waals surface area contributed by atoms with Crippen LogP contribution in [0.3, 0.4) is 0 Å². The van der Waals surface area contributed by atoms with E-state index in [1.807, 2.05) is 6.92 Å². The highest BCUT2D eigenvalue weighted by molar-refractivity contribution is 6.31. The first-order valence-electron chi connectivity index (χ1n) is 6.07. The molecule has 0 aliphatic rings. The summed E-state index contributed by atoms with van der Waals surface area (Å²) >= 11 is 6.13. The fraction of sp³-hybridized carbons (Fsp3) is 0.200. The van der Waals surface area contributed by atoms with E-state index < -0.39 is 11.6 Å². The smallest absolute Gasteiger partial charge is 0.133 e. The van der Waals surface area contributed by atoms with Crippen molar-refractivity contribution in [3.63, 3.8) is 0 Å². The standard InChI is InChI=1S/C15H14ClF2N/c1-2-19-9-11-7-6-10(8-12(11)16)15-13(17)4-3-5-14(15)18/h3-8,19H,2,9H2,1H3. The van der Waals surface area contributed by atoms with Gasteiger partial charge in [-0.15, -0.1) is 0 Å². The van der Waals surface area contributed by atoms with Crippen molar-refractivity contribution in [2.75, 3.05) is 6.54 Å². The van der Waals surface area contributed by atoms with Crippen molar-refractivity contribution in [1.82, 2.24) is 5.32 Å². The lowest BCUT2D eigenvalue weighted by atomic mass is 10.0. The van der Waals surface area contributed by atoms with Gasteiger partial charge in [0.15, 0.2) is 0 Å². The summed E-state index contributed by atoms with van der Waals surface area (Å²) in [6, 6.07) is 8.87. The minimum atomic E-state index is -0.588. The van der Waals surface area contributed by atoms with Gasteiger partial charge in [-0.3, -0.25) is 0 Å². The molecule has 0 spiro atoms. The minimum absolute atomic E-state index is 0.0422. The second-order valence-corrected chi connectivity index (χ2v) is 4.59. The van der Waals surface area contributed by atoms with E-state index >= 15 is 0 Å². The summed E-state index contributed by atoms with van der Waals surface area (Å²) in [7, 11) is 0. The van der Waals surface area contributed by atoms with Gasteiger partial charge in [-0.05, 0) is 35.9 Å². The molecule has 1 nitrogen and oxygen atoms in total. The van der Waals surface area contributed by atoms with Crippen LogP contribution in [0.1, 0.15) is 12.5 Å². The van der Waals surface area contributed by atoms with Gasteiger partial charge in [0.25, 0.3) is 0 Å². The van der Waals surface area contributed by atoms with E-state index in [0.717, 1.165) is 12.1 Å². The zero-order valence-corrected chi connectivity index (χ0v) is 11.3. The Morgan fingerprint density at radius 3 is 2.37 bits per heavy atom. The first kappa shape index (κ1) is 14.0. The van der Waals surface area contributed by atoms with Gasteiger partial charge in [0.1, 0.15) is 11.6 Å². The average Bonchev–Trinajstić information content (AvgIpc) is 2.37. The van der Waals surface area contributed by atoms with Crippen molar-refractivity contribution >= 4 is 11.6 Å². The van der Waals surface area contributed by atoms with E-state index in [1.54, 1.807) is 18.2 Å². The van der Waals surface area contributed by atoms with Crippen LogP contribution in [-0.2, 0) is 6.54 Å². The zero-order valence-electron chi connectivity index (χ0n) is 10.5. The Bertz CT molecular complexity index is 564. The molecule has 0 aliphatic carbocycles. The molecule has 0 unspecified atom stereocenters. The number of nitrogens with one attached hydrogen (secondary N) is 1. The Labute approximate surface area is 116 Å². The van der Waals surface area contributed by atoms with Crippen LogP contribution in [0.5, 0.6) is 0 Å². The van der Waals surface area contributed by atoms with Crippen LogP contribution in [0.25, 0.3) is 11.1 Å². The number of halogens is 3. The van der Waals surface area contributed by atoms with Crippen molar-refractivity contribution in [3.8, 4) is 11.1 Å². The van der Waals surface area contributed by atoms with Crippen molar-refractivity contribution in [3.05, 3.63) is 58.6 Å². The third-order valence-corrected chi connectivity index (χ3v) is 3.22. The molecular weight excluding hydrogens is 268 g/mol. The fourth-order valence-electron chi connectivity index (χ4n) is 1.88. The van der Waals surface area contributed by atoms with E-state index in [2.05, 4.69) is 5.32 Å². The quantitative estimate of drug-likeness (QED) is 0.876. The van der Waals surface area contributed by atoms with Crippen LogP contribution < -0.4 is 5.32 Å². The van der Waals surface area contributed by atoms with Crippen LogP contribution in [0.2, 0.25) is 5.02 Å². The molecule has 0 saturated heterocycles. The molecule has 1 N–H and O–H groups in total. The number of benzene rings is 2. The highest BCUT2D eigenvalue weighted by Crippen LogP contribution is 2.29. The van der Waals surface area contributed by atoms with Crippen LogP contribution in [0.15, 0.2) is 36.4 Å². The molecule has 0 bridgehead atoms. The lowest BCUT2D eigenvalue weighted by molar-refractivity contribution is 0.589. The van der Waals surface area contributed by atoms with Crippen molar-refractivity contribution < 1.29 is 8.78 Å². The van der Waals surface area contributed by atoms with E-state index in [4.69, 9.17) is 11.6 Å².